The summed E-state index contributed by atoms with van der Waals surface area (Å²) in [6, 6.07) is 15.6. The third-order valence-corrected chi connectivity index (χ3v) is 4.79. The molecule has 3 aromatic rings. The Kier molecular flexibility index (Phi) is 5.12. The molecule has 0 aliphatic rings. The van der Waals surface area contributed by atoms with Gasteiger partial charge in [-0.15, -0.1) is 0 Å². The number of aromatic nitrogens is 2. The predicted octanol–water partition coefficient (Wildman–Crippen LogP) is 4.27. The fourth-order valence-corrected chi connectivity index (χ4v) is 3.57. The van der Waals surface area contributed by atoms with Gasteiger partial charge in [0.15, 0.2) is 0 Å². The van der Waals surface area contributed by atoms with Crippen molar-refractivity contribution in [1.29, 1.82) is 0 Å². The number of benzene rings is 2. The molecule has 0 aliphatic heterocycles. The van der Waals surface area contributed by atoms with Crippen LogP contribution in [0.25, 0.3) is 10.9 Å². The summed E-state index contributed by atoms with van der Waals surface area (Å²) in [5, 5.41) is 4.72. The number of para-hydroxylation sites is 1. The number of fused-ring (bicyclic) bond motifs is 1. The van der Waals surface area contributed by atoms with Gasteiger partial charge in [-0.2, -0.15) is 0 Å². The Labute approximate surface area is 152 Å². The van der Waals surface area contributed by atoms with Crippen LogP contribution in [-0.2, 0) is 4.79 Å². The van der Waals surface area contributed by atoms with Crippen molar-refractivity contribution in [2.24, 2.45) is 0 Å². The lowest BCUT2D eigenvalue weighted by Gasteiger charge is -2.07. The van der Waals surface area contributed by atoms with Crippen LogP contribution in [0.1, 0.15) is 5.82 Å². The van der Waals surface area contributed by atoms with Crippen molar-refractivity contribution in [1.82, 2.24) is 9.97 Å². The molecule has 1 N–H and O–H groups in total. The quantitative estimate of drug-likeness (QED) is 0.378. The van der Waals surface area contributed by atoms with Crippen LogP contribution < -0.4 is 5.32 Å². The molecule has 1 aromatic heterocycles. The molecule has 23 heavy (non-hydrogen) atoms. The number of halogens is 1. The third kappa shape index (κ3) is 4.20. The topological polar surface area (TPSA) is 54.9 Å². The molecule has 0 fully saturated rings. The maximum absolute atomic E-state index is 12.1. The summed E-state index contributed by atoms with van der Waals surface area (Å²) >= 11 is 3.65. The van der Waals surface area contributed by atoms with E-state index in [1.165, 1.54) is 11.8 Å². The van der Waals surface area contributed by atoms with E-state index in [4.69, 9.17) is 0 Å². The van der Waals surface area contributed by atoms with Gasteiger partial charge in [0.25, 0.3) is 0 Å². The first-order chi connectivity index (χ1) is 11.1. The van der Waals surface area contributed by atoms with Crippen LogP contribution in [0.3, 0.4) is 0 Å². The summed E-state index contributed by atoms with van der Waals surface area (Å²) in [6.07, 6.45) is 0. The van der Waals surface area contributed by atoms with Crippen LogP contribution in [0.4, 0.5) is 5.69 Å². The number of carbonyl (C=O) groups excluding carboxylic acids is 1. The minimum Gasteiger partial charge on any atom is -0.325 e. The third-order valence-electron chi connectivity index (χ3n) is 3.13. The highest BCUT2D eigenvalue weighted by Crippen LogP contribution is 2.25. The first kappa shape index (κ1) is 16.2. The predicted molar refractivity (Wildman–Crippen MR) is 103 cm³/mol. The Balaban J connectivity index is 1.72. The van der Waals surface area contributed by atoms with E-state index in [9.17, 15) is 4.79 Å². The summed E-state index contributed by atoms with van der Waals surface area (Å²) in [5.41, 5.74) is 1.71. The largest absolute Gasteiger partial charge is 0.325 e. The number of nitrogens with one attached hydrogen (secondary N) is 1. The van der Waals surface area contributed by atoms with Gasteiger partial charge >= 0.3 is 0 Å². The number of nitrogens with zero attached hydrogens (tertiary/aromatic N) is 2. The zero-order chi connectivity index (χ0) is 16.2. The zero-order valence-corrected chi connectivity index (χ0v) is 15.4. The van der Waals surface area contributed by atoms with Crippen molar-refractivity contribution in [2.75, 3.05) is 11.1 Å². The Morgan fingerprint density at radius 3 is 2.83 bits per heavy atom. The molecule has 0 radical (unpaired) electrons. The molecule has 1 amide bonds. The molecular weight excluding hydrogens is 421 g/mol. The van der Waals surface area contributed by atoms with Crippen LogP contribution in [0.5, 0.6) is 0 Å². The standard InChI is InChI=1S/C17H14IN3OS/c1-11-19-15-8-3-2-7-14(15)17(20-11)23-10-16(22)21-13-6-4-5-12(18)9-13/h2-9H,10H2,1H3,(H,21,22). The number of carbonyl (C=O) groups is 1. The number of anilines is 1. The van der Waals surface area contributed by atoms with E-state index in [0.717, 1.165) is 25.2 Å². The van der Waals surface area contributed by atoms with Crippen LogP contribution in [0, 0.1) is 10.5 Å². The highest BCUT2D eigenvalue weighted by atomic mass is 127. The van der Waals surface area contributed by atoms with E-state index >= 15 is 0 Å². The highest BCUT2D eigenvalue weighted by Gasteiger charge is 2.09. The Bertz CT molecular complexity index is 869. The van der Waals surface area contributed by atoms with Gasteiger partial charge in [-0.1, -0.05) is 36.0 Å². The summed E-state index contributed by atoms with van der Waals surface area (Å²) in [5.74, 6) is 0.980. The number of rotatable bonds is 4. The summed E-state index contributed by atoms with van der Waals surface area (Å²) in [7, 11) is 0. The zero-order valence-electron chi connectivity index (χ0n) is 12.4. The average Bonchev–Trinajstić information content (AvgIpc) is 2.52. The second-order valence-corrected chi connectivity index (χ2v) is 7.15. The number of hydrogen-bond acceptors (Lipinski definition) is 4. The number of amides is 1. The Hall–Kier alpha value is -1.67. The normalized spacial score (nSPS) is 10.7. The van der Waals surface area contributed by atoms with Crippen LogP contribution >= 0.6 is 34.4 Å². The van der Waals surface area contributed by atoms with Gasteiger partial charge in [0.1, 0.15) is 10.9 Å². The molecule has 0 bridgehead atoms. The maximum atomic E-state index is 12.1. The smallest absolute Gasteiger partial charge is 0.234 e. The Morgan fingerprint density at radius 2 is 2.00 bits per heavy atom. The monoisotopic (exact) mass is 435 g/mol. The van der Waals surface area contributed by atoms with Gasteiger partial charge in [0.2, 0.25) is 5.91 Å². The van der Waals surface area contributed by atoms with Crippen molar-refractivity contribution in [3.05, 3.63) is 57.9 Å². The van der Waals surface area contributed by atoms with Crippen molar-refractivity contribution >= 4 is 56.9 Å². The molecule has 116 valence electrons. The number of aryl methyl sites for hydroxylation is 1. The molecule has 2 aromatic carbocycles. The van der Waals surface area contributed by atoms with Crippen molar-refractivity contribution in [2.45, 2.75) is 11.9 Å². The first-order valence-corrected chi connectivity index (χ1v) is 9.10. The second-order valence-electron chi connectivity index (χ2n) is 4.94. The number of hydrogen-bond donors (Lipinski definition) is 1. The molecule has 0 saturated carbocycles. The molecule has 0 unspecified atom stereocenters. The van der Waals surface area contributed by atoms with Gasteiger partial charge in [-0.25, -0.2) is 9.97 Å². The SMILES string of the molecule is Cc1nc(SCC(=O)Nc2cccc(I)c2)c2ccccc2n1. The lowest BCUT2D eigenvalue weighted by molar-refractivity contribution is -0.113. The summed E-state index contributed by atoms with van der Waals surface area (Å²) in [4.78, 5) is 21.0. The van der Waals surface area contributed by atoms with Crippen LogP contribution in [-0.4, -0.2) is 21.6 Å². The fourth-order valence-electron chi connectivity index (χ4n) is 2.17. The molecule has 0 saturated heterocycles. The van der Waals surface area contributed by atoms with Gasteiger partial charge in [-0.3, -0.25) is 4.79 Å². The average molecular weight is 435 g/mol. The van der Waals surface area contributed by atoms with Crippen molar-refractivity contribution in [3.63, 3.8) is 0 Å². The number of thioether (sulfide) groups is 1. The molecule has 4 nitrogen and oxygen atoms in total. The van der Waals surface area contributed by atoms with Crippen molar-refractivity contribution < 1.29 is 4.79 Å². The van der Waals surface area contributed by atoms with Crippen LogP contribution in [0.2, 0.25) is 0 Å². The fraction of sp³-hybridized carbons (Fsp3) is 0.118. The molecule has 0 aliphatic carbocycles. The minimum absolute atomic E-state index is 0.0441. The second kappa shape index (κ2) is 7.27. The van der Waals surface area contributed by atoms with Gasteiger partial charge < -0.3 is 5.32 Å². The molecular formula is C17H14IN3OS. The molecule has 3 rings (SSSR count). The molecule has 6 heteroatoms. The first-order valence-electron chi connectivity index (χ1n) is 7.03. The van der Waals surface area contributed by atoms with Gasteiger partial charge in [-0.05, 0) is 53.8 Å². The Morgan fingerprint density at radius 1 is 1.17 bits per heavy atom. The molecule has 1 heterocycles. The van der Waals surface area contributed by atoms with Crippen molar-refractivity contribution in [3.8, 4) is 0 Å². The van der Waals surface area contributed by atoms with Gasteiger partial charge in [0.05, 0.1) is 11.3 Å². The summed E-state index contributed by atoms with van der Waals surface area (Å²) in [6.45, 7) is 1.86. The van der Waals surface area contributed by atoms with Gasteiger partial charge in [0, 0.05) is 14.6 Å². The van der Waals surface area contributed by atoms with E-state index in [2.05, 4.69) is 37.9 Å². The lowest BCUT2D eigenvalue weighted by atomic mass is 10.2. The molecule has 0 atom stereocenters. The summed E-state index contributed by atoms with van der Waals surface area (Å²) < 4.78 is 1.09. The lowest BCUT2D eigenvalue weighted by Crippen LogP contribution is -2.14. The van der Waals surface area contributed by atoms with E-state index in [-0.39, 0.29) is 5.91 Å². The maximum Gasteiger partial charge on any atom is 0.234 e. The van der Waals surface area contributed by atoms with E-state index < -0.39 is 0 Å². The van der Waals surface area contributed by atoms with E-state index in [1.807, 2.05) is 55.5 Å². The van der Waals surface area contributed by atoms with Crippen LogP contribution in [0.15, 0.2) is 53.6 Å². The van der Waals surface area contributed by atoms with E-state index in [0.29, 0.717) is 11.6 Å². The van der Waals surface area contributed by atoms with E-state index in [1.54, 1.807) is 0 Å². The molecule has 0 spiro atoms. The minimum atomic E-state index is -0.0441. The highest BCUT2D eigenvalue weighted by molar-refractivity contribution is 14.1.